The van der Waals surface area contributed by atoms with E-state index in [4.69, 9.17) is 0 Å². The van der Waals surface area contributed by atoms with Crippen LogP contribution in [-0.4, -0.2) is 29.9 Å². The Morgan fingerprint density at radius 1 is 1.44 bits per heavy atom. The highest BCUT2D eigenvalue weighted by Crippen LogP contribution is 2.23. The molecular weight excluding hydrogens is 407 g/mol. The largest absolute Gasteiger partial charge is 0.374 e. The van der Waals surface area contributed by atoms with Crippen molar-refractivity contribution in [3.63, 3.8) is 0 Å². The second-order valence-corrected chi connectivity index (χ2v) is 6.54. The van der Waals surface area contributed by atoms with Crippen molar-refractivity contribution in [2.45, 2.75) is 25.8 Å². The van der Waals surface area contributed by atoms with Gasteiger partial charge in [0.1, 0.15) is 6.04 Å². The van der Waals surface area contributed by atoms with E-state index >= 15 is 0 Å². The van der Waals surface area contributed by atoms with Crippen molar-refractivity contribution in [3.05, 3.63) is 26.2 Å². The molecule has 1 amide bonds. The normalized spacial score (nSPS) is 16.7. The van der Waals surface area contributed by atoms with Gasteiger partial charge in [0, 0.05) is 26.8 Å². The molecule has 1 N–H and O–H groups in total. The molecule has 0 saturated carbocycles. The van der Waals surface area contributed by atoms with Gasteiger partial charge in [0.05, 0.1) is 0 Å². The smallest absolute Gasteiger partial charge is 0.244 e. The predicted molar refractivity (Wildman–Crippen MR) is 85.8 cm³/mol. The lowest BCUT2D eigenvalue weighted by Gasteiger charge is -2.22. The third-order valence-corrected chi connectivity index (χ3v) is 5.43. The van der Waals surface area contributed by atoms with Gasteiger partial charge in [-0.1, -0.05) is 0 Å². The summed E-state index contributed by atoms with van der Waals surface area (Å²) in [7, 11) is 0. The molecule has 98 valence electrons. The number of anilines is 1. The van der Waals surface area contributed by atoms with Gasteiger partial charge in [-0.25, -0.2) is 0 Å². The van der Waals surface area contributed by atoms with Gasteiger partial charge in [0.2, 0.25) is 5.91 Å². The first-order chi connectivity index (χ1) is 8.58. The van der Waals surface area contributed by atoms with Crippen LogP contribution in [0.5, 0.6) is 0 Å². The molecule has 1 atom stereocenters. The maximum atomic E-state index is 12.2. The maximum Gasteiger partial charge on any atom is 0.244 e. The fourth-order valence-electron chi connectivity index (χ4n) is 2.11. The zero-order valence-corrected chi connectivity index (χ0v) is 14.0. The Kier molecular flexibility index (Phi) is 4.89. The summed E-state index contributed by atoms with van der Waals surface area (Å²) in [6.07, 6.45) is 2.26. The number of likely N-dealkylation sites (tertiary alicyclic amines) is 1. The lowest BCUT2D eigenvalue weighted by atomic mass is 10.2. The lowest BCUT2D eigenvalue weighted by molar-refractivity contribution is -0.130. The van der Waals surface area contributed by atoms with Crippen molar-refractivity contribution in [2.24, 2.45) is 0 Å². The summed E-state index contributed by atoms with van der Waals surface area (Å²) in [5.74, 6) is 0.196. The molecule has 1 fully saturated rings. The molecule has 0 radical (unpaired) electrons. The summed E-state index contributed by atoms with van der Waals surface area (Å²) < 4.78 is 2.21. The Balaban J connectivity index is 1.99. The molecule has 3 nitrogen and oxygen atoms in total. The van der Waals surface area contributed by atoms with Crippen molar-refractivity contribution < 1.29 is 4.79 Å². The van der Waals surface area contributed by atoms with Crippen LogP contribution in [0.1, 0.15) is 19.8 Å². The zero-order valence-electron chi connectivity index (χ0n) is 10.2. The van der Waals surface area contributed by atoms with Crippen LogP contribution >= 0.6 is 38.5 Å². The first-order valence-corrected chi connectivity index (χ1v) is 7.95. The Bertz CT molecular complexity index is 447. The Morgan fingerprint density at radius 2 is 2.11 bits per heavy atom. The minimum absolute atomic E-state index is 0.171. The minimum atomic E-state index is -0.171. The summed E-state index contributed by atoms with van der Waals surface area (Å²) in [6.45, 7) is 3.73. The molecule has 1 aromatic rings. The zero-order chi connectivity index (χ0) is 13.1. The number of nitrogens with one attached hydrogen (secondary N) is 1. The molecule has 1 unspecified atom stereocenters. The molecule has 1 heterocycles. The topological polar surface area (TPSA) is 32.3 Å². The van der Waals surface area contributed by atoms with Gasteiger partial charge in [-0.3, -0.25) is 4.79 Å². The van der Waals surface area contributed by atoms with E-state index < -0.39 is 0 Å². The number of carbonyl (C=O) groups excluding carboxylic acids is 1. The van der Waals surface area contributed by atoms with Crippen molar-refractivity contribution in [1.82, 2.24) is 4.90 Å². The molecule has 0 spiro atoms. The average molecular weight is 423 g/mol. The van der Waals surface area contributed by atoms with Crippen LogP contribution in [0.3, 0.4) is 0 Å². The van der Waals surface area contributed by atoms with Crippen LogP contribution in [0.2, 0.25) is 0 Å². The number of halogens is 2. The molecule has 2 rings (SSSR count). The molecule has 1 saturated heterocycles. The number of hydrogen-bond donors (Lipinski definition) is 1. The summed E-state index contributed by atoms with van der Waals surface area (Å²) in [6, 6.07) is 5.87. The SMILES string of the molecule is CC(Nc1ccc(I)c(Br)c1)C(=O)N1CCCC1. The quantitative estimate of drug-likeness (QED) is 0.756. The van der Waals surface area contributed by atoms with Gasteiger partial charge >= 0.3 is 0 Å². The fourth-order valence-corrected chi connectivity index (χ4v) is 2.82. The van der Waals surface area contributed by atoms with Gasteiger partial charge in [0.15, 0.2) is 0 Å². The van der Waals surface area contributed by atoms with Crippen LogP contribution in [0.15, 0.2) is 22.7 Å². The average Bonchev–Trinajstić information content (AvgIpc) is 2.86. The van der Waals surface area contributed by atoms with Crippen molar-refractivity contribution in [2.75, 3.05) is 18.4 Å². The van der Waals surface area contributed by atoms with E-state index in [1.165, 1.54) is 0 Å². The van der Waals surface area contributed by atoms with Crippen molar-refractivity contribution in [3.8, 4) is 0 Å². The Labute approximate surface area is 130 Å². The van der Waals surface area contributed by atoms with E-state index in [0.717, 1.165) is 39.7 Å². The number of benzene rings is 1. The van der Waals surface area contributed by atoms with E-state index in [9.17, 15) is 4.79 Å². The third kappa shape index (κ3) is 3.38. The highest BCUT2D eigenvalue weighted by molar-refractivity contribution is 14.1. The van der Waals surface area contributed by atoms with Crippen LogP contribution in [0.4, 0.5) is 5.69 Å². The highest BCUT2D eigenvalue weighted by atomic mass is 127. The van der Waals surface area contributed by atoms with E-state index in [1.807, 2.05) is 30.0 Å². The first kappa shape index (κ1) is 14.1. The molecule has 0 bridgehead atoms. The summed E-state index contributed by atoms with van der Waals surface area (Å²) in [4.78, 5) is 14.1. The van der Waals surface area contributed by atoms with Crippen molar-refractivity contribution in [1.29, 1.82) is 0 Å². The summed E-state index contributed by atoms with van der Waals surface area (Å²) >= 11 is 5.77. The second kappa shape index (κ2) is 6.23. The molecule has 1 aromatic carbocycles. The van der Waals surface area contributed by atoms with E-state index in [1.54, 1.807) is 0 Å². The third-order valence-electron chi connectivity index (χ3n) is 3.09. The Morgan fingerprint density at radius 3 is 2.72 bits per heavy atom. The number of rotatable bonds is 3. The van der Waals surface area contributed by atoms with Crippen LogP contribution in [0.25, 0.3) is 0 Å². The van der Waals surface area contributed by atoms with Gasteiger partial charge < -0.3 is 10.2 Å². The fraction of sp³-hybridized carbons (Fsp3) is 0.462. The predicted octanol–water partition coefficient (Wildman–Crippen LogP) is 3.48. The molecule has 1 aliphatic heterocycles. The highest BCUT2D eigenvalue weighted by Gasteiger charge is 2.22. The van der Waals surface area contributed by atoms with Crippen LogP contribution in [0, 0.1) is 3.57 Å². The van der Waals surface area contributed by atoms with Gasteiger partial charge in [-0.15, -0.1) is 0 Å². The molecule has 0 aliphatic carbocycles. The summed E-state index contributed by atoms with van der Waals surface area (Å²) in [5.41, 5.74) is 0.974. The van der Waals surface area contributed by atoms with Crippen LogP contribution in [-0.2, 0) is 4.79 Å². The minimum Gasteiger partial charge on any atom is -0.374 e. The standard InChI is InChI=1S/C13H16BrIN2O/c1-9(13(18)17-6-2-3-7-17)16-10-4-5-12(15)11(14)8-10/h4-5,8-9,16H,2-3,6-7H2,1H3. The number of hydrogen-bond acceptors (Lipinski definition) is 2. The van der Waals surface area contributed by atoms with E-state index in [0.29, 0.717) is 0 Å². The lowest BCUT2D eigenvalue weighted by Crippen LogP contribution is -2.39. The molecule has 0 aromatic heterocycles. The van der Waals surface area contributed by atoms with Crippen LogP contribution < -0.4 is 5.32 Å². The number of carbonyl (C=O) groups is 1. The van der Waals surface area contributed by atoms with E-state index in [-0.39, 0.29) is 11.9 Å². The van der Waals surface area contributed by atoms with Gasteiger partial charge in [-0.2, -0.15) is 0 Å². The Hall–Kier alpha value is -0.300. The molecular formula is C13H16BrIN2O. The molecule has 18 heavy (non-hydrogen) atoms. The van der Waals surface area contributed by atoms with E-state index in [2.05, 4.69) is 43.8 Å². The van der Waals surface area contributed by atoms with Gasteiger partial charge in [-0.05, 0) is 76.5 Å². The second-order valence-electron chi connectivity index (χ2n) is 4.53. The maximum absolute atomic E-state index is 12.2. The number of nitrogens with zero attached hydrogens (tertiary/aromatic N) is 1. The summed E-state index contributed by atoms with van der Waals surface area (Å²) in [5, 5.41) is 3.26. The number of amides is 1. The first-order valence-electron chi connectivity index (χ1n) is 6.08. The molecule has 5 heteroatoms. The van der Waals surface area contributed by atoms with Gasteiger partial charge in [0.25, 0.3) is 0 Å². The molecule has 1 aliphatic rings. The monoisotopic (exact) mass is 422 g/mol. The van der Waals surface area contributed by atoms with Crippen molar-refractivity contribution >= 4 is 50.1 Å².